The van der Waals surface area contributed by atoms with Crippen LogP contribution in [0.4, 0.5) is 4.79 Å². The SMILES string of the molecule is CC(C)(C)OC(=O)NCCCN1C(=S)[C@H]2CCCC[C@H]2[C@H]1C[C@@H](O)c1ccccc1. The summed E-state index contributed by atoms with van der Waals surface area (Å²) in [6.07, 6.45) is 5.47. The summed E-state index contributed by atoms with van der Waals surface area (Å²) in [5, 5.41) is 13.7. The highest BCUT2D eigenvalue weighted by molar-refractivity contribution is 7.80. The van der Waals surface area contributed by atoms with Gasteiger partial charge in [-0.3, -0.25) is 0 Å². The molecule has 5 nitrogen and oxygen atoms in total. The molecule has 0 bridgehead atoms. The summed E-state index contributed by atoms with van der Waals surface area (Å²) in [6, 6.07) is 10.2. The van der Waals surface area contributed by atoms with Gasteiger partial charge in [0.25, 0.3) is 0 Å². The van der Waals surface area contributed by atoms with Crippen molar-refractivity contribution in [3.8, 4) is 0 Å². The zero-order chi connectivity index (χ0) is 21.7. The highest BCUT2D eigenvalue weighted by Crippen LogP contribution is 2.44. The summed E-state index contributed by atoms with van der Waals surface area (Å²) in [5.74, 6) is 0.990. The van der Waals surface area contributed by atoms with Crippen molar-refractivity contribution in [2.75, 3.05) is 13.1 Å². The van der Waals surface area contributed by atoms with E-state index in [4.69, 9.17) is 17.0 Å². The number of hydrogen-bond acceptors (Lipinski definition) is 4. The lowest BCUT2D eigenvalue weighted by atomic mass is 9.77. The number of thiocarbonyl (C=S) groups is 1. The fraction of sp³-hybridized carbons (Fsp3) is 0.667. The Labute approximate surface area is 186 Å². The van der Waals surface area contributed by atoms with Crippen molar-refractivity contribution in [2.24, 2.45) is 11.8 Å². The maximum atomic E-state index is 11.9. The molecule has 2 aliphatic rings. The molecule has 3 rings (SSSR count). The number of hydrogen-bond donors (Lipinski definition) is 2. The monoisotopic (exact) mass is 432 g/mol. The molecule has 4 atom stereocenters. The van der Waals surface area contributed by atoms with Gasteiger partial charge in [0.15, 0.2) is 0 Å². The van der Waals surface area contributed by atoms with Gasteiger partial charge in [-0.25, -0.2) is 4.79 Å². The van der Waals surface area contributed by atoms with Crippen molar-refractivity contribution < 1.29 is 14.6 Å². The van der Waals surface area contributed by atoms with E-state index in [1.807, 2.05) is 51.1 Å². The first kappa shape index (κ1) is 23.0. The number of aliphatic hydroxyl groups excluding tert-OH is 1. The van der Waals surface area contributed by atoms with Crippen LogP contribution < -0.4 is 5.32 Å². The summed E-state index contributed by atoms with van der Waals surface area (Å²) in [5.41, 5.74) is 0.476. The molecule has 1 amide bonds. The Morgan fingerprint density at radius 3 is 2.67 bits per heavy atom. The van der Waals surface area contributed by atoms with Crippen LogP contribution >= 0.6 is 12.2 Å². The molecule has 1 aromatic rings. The van der Waals surface area contributed by atoms with E-state index in [-0.39, 0.29) is 12.1 Å². The fourth-order valence-electron chi connectivity index (χ4n) is 4.91. The number of aliphatic hydroxyl groups is 1. The van der Waals surface area contributed by atoms with Crippen LogP contribution in [0.25, 0.3) is 0 Å². The van der Waals surface area contributed by atoms with Gasteiger partial charge < -0.3 is 20.1 Å². The van der Waals surface area contributed by atoms with Crippen molar-refractivity contribution in [1.82, 2.24) is 10.2 Å². The van der Waals surface area contributed by atoms with Crippen molar-refractivity contribution in [3.63, 3.8) is 0 Å². The first-order chi connectivity index (χ1) is 14.3. The van der Waals surface area contributed by atoms with E-state index in [0.717, 1.165) is 29.9 Å². The van der Waals surface area contributed by atoms with Gasteiger partial charge in [-0.2, -0.15) is 0 Å². The van der Waals surface area contributed by atoms with Gasteiger partial charge in [0.05, 0.1) is 11.1 Å². The van der Waals surface area contributed by atoms with Gasteiger partial charge in [-0.1, -0.05) is 55.4 Å². The molecule has 2 N–H and O–H groups in total. The van der Waals surface area contributed by atoms with Gasteiger partial charge in [0.2, 0.25) is 0 Å². The van der Waals surface area contributed by atoms with Crippen LogP contribution in [0.3, 0.4) is 0 Å². The average Bonchev–Trinajstić information content (AvgIpc) is 2.96. The van der Waals surface area contributed by atoms with Gasteiger partial charge >= 0.3 is 6.09 Å². The number of likely N-dealkylation sites (tertiary alicyclic amines) is 1. The molecule has 1 aliphatic carbocycles. The number of nitrogens with one attached hydrogen (secondary N) is 1. The van der Waals surface area contributed by atoms with E-state index in [1.54, 1.807) is 0 Å². The predicted molar refractivity (Wildman–Crippen MR) is 123 cm³/mol. The van der Waals surface area contributed by atoms with E-state index in [0.29, 0.717) is 24.8 Å². The van der Waals surface area contributed by atoms with Crippen LogP contribution in [0.15, 0.2) is 30.3 Å². The molecule has 6 heteroatoms. The average molecular weight is 433 g/mol. The predicted octanol–water partition coefficient (Wildman–Crippen LogP) is 4.84. The minimum Gasteiger partial charge on any atom is -0.444 e. The second-order valence-corrected chi connectivity index (χ2v) is 10.0. The van der Waals surface area contributed by atoms with E-state index < -0.39 is 11.7 Å². The molecule has 1 heterocycles. The first-order valence-corrected chi connectivity index (χ1v) is 11.7. The zero-order valence-corrected chi connectivity index (χ0v) is 19.3. The number of ether oxygens (including phenoxy) is 1. The quantitative estimate of drug-likeness (QED) is 0.477. The Bertz CT molecular complexity index is 719. The summed E-state index contributed by atoms with van der Waals surface area (Å²) in [6.45, 7) is 6.93. The minimum atomic E-state index is -0.491. The molecule has 1 aliphatic heterocycles. The largest absolute Gasteiger partial charge is 0.444 e. The number of nitrogens with zero attached hydrogens (tertiary/aromatic N) is 1. The number of carbonyl (C=O) groups is 1. The molecule has 166 valence electrons. The van der Waals surface area contributed by atoms with Crippen molar-refractivity contribution in [2.45, 2.75) is 77.0 Å². The Kier molecular flexibility index (Phi) is 7.75. The smallest absolute Gasteiger partial charge is 0.407 e. The van der Waals surface area contributed by atoms with Crippen LogP contribution in [-0.4, -0.2) is 45.8 Å². The van der Waals surface area contributed by atoms with Crippen LogP contribution in [-0.2, 0) is 4.74 Å². The topological polar surface area (TPSA) is 61.8 Å². The fourth-order valence-corrected chi connectivity index (χ4v) is 5.43. The number of alkyl carbamates (subject to hydrolysis) is 1. The third kappa shape index (κ3) is 5.94. The normalized spacial score (nSPS) is 25.0. The maximum absolute atomic E-state index is 11.9. The Morgan fingerprint density at radius 2 is 1.97 bits per heavy atom. The van der Waals surface area contributed by atoms with Gasteiger partial charge in [-0.05, 0) is 57.9 Å². The van der Waals surface area contributed by atoms with Crippen molar-refractivity contribution >= 4 is 23.3 Å². The summed E-state index contributed by atoms with van der Waals surface area (Å²) in [7, 11) is 0. The molecule has 0 aromatic heterocycles. The van der Waals surface area contributed by atoms with Gasteiger partial charge in [-0.15, -0.1) is 0 Å². The second kappa shape index (κ2) is 10.1. The number of benzene rings is 1. The summed E-state index contributed by atoms with van der Waals surface area (Å²) in [4.78, 5) is 15.3. The van der Waals surface area contributed by atoms with E-state index >= 15 is 0 Å². The van der Waals surface area contributed by atoms with E-state index in [2.05, 4.69) is 10.2 Å². The molecule has 1 saturated heterocycles. The lowest BCUT2D eigenvalue weighted by molar-refractivity contribution is 0.0525. The van der Waals surface area contributed by atoms with Crippen LogP contribution in [0.1, 0.15) is 71.0 Å². The standard InChI is InChI=1S/C24H36N2O3S/c1-24(2,3)29-23(28)25-14-9-15-26-20(16-21(27)17-10-5-4-6-11-17)18-12-7-8-13-19(18)22(26)30/h4-6,10-11,18-21,27H,7-9,12-16H2,1-3H3,(H,25,28)/t18-,19+,20-,21-/m1/s1. The van der Waals surface area contributed by atoms with Gasteiger partial charge in [0, 0.05) is 25.0 Å². The lowest BCUT2D eigenvalue weighted by Gasteiger charge is -2.32. The minimum absolute atomic E-state index is 0.263. The number of rotatable bonds is 7. The highest BCUT2D eigenvalue weighted by Gasteiger charge is 2.46. The maximum Gasteiger partial charge on any atom is 0.407 e. The molecular formula is C24H36N2O3S. The molecule has 2 fully saturated rings. The van der Waals surface area contributed by atoms with E-state index in [9.17, 15) is 9.90 Å². The third-order valence-electron chi connectivity index (χ3n) is 6.21. The summed E-state index contributed by atoms with van der Waals surface area (Å²) < 4.78 is 5.31. The van der Waals surface area contributed by atoms with Crippen LogP contribution in [0.2, 0.25) is 0 Å². The highest BCUT2D eigenvalue weighted by atomic mass is 32.1. The zero-order valence-electron chi connectivity index (χ0n) is 18.5. The third-order valence-corrected chi connectivity index (χ3v) is 6.74. The first-order valence-electron chi connectivity index (χ1n) is 11.3. The Balaban J connectivity index is 1.60. The number of amides is 1. The molecule has 0 spiro atoms. The van der Waals surface area contributed by atoms with Crippen molar-refractivity contribution in [3.05, 3.63) is 35.9 Å². The van der Waals surface area contributed by atoms with Crippen LogP contribution in [0.5, 0.6) is 0 Å². The number of fused-ring (bicyclic) bond motifs is 1. The van der Waals surface area contributed by atoms with Crippen molar-refractivity contribution in [1.29, 1.82) is 0 Å². The Morgan fingerprint density at radius 1 is 1.27 bits per heavy atom. The molecular weight excluding hydrogens is 396 g/mol. The van der Waals surface area contributed by atoms with Gasteiger partial charge in [0.1, 0.15) is 5.60 Å². The Hall–Kier alpha value is -1.66. The molecule has 30 heavy (non-hydrogen) atoms. The van der Waals surface area contributed by atoms with E-state index in [1.165, 1.54) is 19.3 Å². The molecule has 1 saturated carbocycles. The number of carbonyl (C=O) groups excluding carboxylic acids is 1. The lowest BCUT2D eigenvalue weighted by Crippen LogP contribution is -2.39. The molecule has 1 aromatic carbocycles. The molecule has 0 radical (unpaired) electrons. The van der Waals surface area contributed by atoms with Crippen LogP contribution in [0, 0.1) is 11.8 Å². The molecule has 0 unspecified atom stereocenters. The summed E-state index contributed by atoms with van der Waals surface area (Å²) >= 11 is 5.89. The second-order valence-electron chi connectivity index (χ2n) is 9.60.